The minimum Gasteiger partial charge on any atom is -0.380 e. The number of hydrogen-bond donors (Lipinski definition) is 0. The van der Waals surface area contributed by atoms with Crippen molar-refractivity contribution in [2.45, 2.75) is 26.5 Å². The van der Waals surface area contributed by atoms with Gasteiger partial charge in [-0.05, 0) is 35.4 Å². The first-order valence-electron chi connectivity index (χ1n) is 9.10. The molecule has 1 fully saturated rings. The molecule has 1 aliphatic rings. The van der Waals surface area contributed by atoms with E-state index in [1.807, 2.05) is 36.4 Å². The summed E-state index contributed by atoms with van der Waals surface area (Å²) in [7, 11) is 1.59. The molecule has 2 aromatic rings. The van der Waals surface area contributed by atoms with E-state index < -0.39 is 23.7 Å². The van der Waals surface area contributed by atoms with Crippen LogP contribution in [0, 0.1) is 11.8 Å². The van der Waals surface area contributed by atoms with Crippen LogP contribution in [0.3, 0.4) is 0 Å². The molecule has 6 heteroatoms. The fourth-order valence-corrected chi connectivity index (χ4v) is 3.89. The van der Waals surface area contributed by atoms with Crippen LogP contribution in [-0.4, -0.2) is 24.6 Å². The van der Waals surface area contributed by atoms with Crippen molar-refractivity contribution in [3.05, 3.63) is 64.1 Å². The van der Waals surface area contributed by atoms with Crippen molar-refractivity contribution in [2.24, 2.45) is 11.8 Å². The molecule has 0 aliphatic carbocycles. The van der Waals surface area contributed by atoms with Gasteiger partial charge in [0.25, 0.3) is 5.91 Å². The molecule has 2 aromatic carbocycles. The highest BCUT2D eigenvalue weighted by molar-refractivity contribution is 9.10. The largest absolute Gasteiger partial charge is 0.380 e. The van der Waals surface area contributed by atoms with Crippen molar-refractivity contribution >= 4 is 39.1 Å². The molecule has 28 heavy (non-hydrogen) atoms. The summed E-state index contributed by atoms with van der Waals surface area (Å²) >= 11 is 3.39. The Labute approximate surface area is 172 Å². The number of carbonyl (C=O) groups is 3. The van der Waals surface area contributed by atoms with Gasteiger partial charge in [-0.2, -0.15) is 0 Å². The van der Waals surface area contributed by atoms with Crippen molar-refractivity contribution in [3.8, 4) is 0 Å². The molecule has 1 amide bonds. The van der Waals surface area contributed by atoms with E-state index in [0.717, 1.165) is 15.6 Å². The molecule has 2 atom stereocenters. The maximum Gasteiger partial charge on any atom is 0.295 e. The number of amides is 1. The molecule has 0 bridgehead atoms. The molecule has 0 N–H and O–H groups in total. The number of hydrogen-bond acceptors (Lipinski definition) is 4. The van der Waals surface area contributed by atoms with Crippen molar-refractivity contribution in [1.82, 2.24) is 0 Å². The number of ketones is 2. The summed E-state index contributed by atoms with van der Waals surface area (Å²) < 4.78 is 6.16. The molecule has 1 aliphatic heterocycles. The SMILES string of the molecule is COCc1ccccc1C1C(C(=O)C(C)C)C(=O)C(=O)N1c1ccc(Br)cc1. The summed E-state index contributed by atoms with van der Waals surface area (Å²) in [5.41, 5.74) is 2.18. The van der Waals surface area contributed by atoms with E-state index in [2.05, 4.69) is 15.9 Å². The number of halogens is 1. The number of methoxy groups -OCH3 is 1. The summed E-state index contributed by atoms with van der Waals surface area (Å²) in [6.45, 7) is 3.83. The van der Waals surface area contributed by atoms with E-state index in [9.17, 15) is 14.4 Å². The Morgan fingerprint density at radius 2 is 1.75 bits per heavy atom. The first-order chi connectivity index (χ1) is 13.4. The standard InChI is InChI=1S/C22H22BrNO4/c1-13(2)20(25)18-19(17-7-5-4-6-14(17)12-28-3)24(22(27)21(18)26)16-10-8-15(23)9-11-16/h4-11,13,18-19H,12H2,1-3H3. The van der Waals surface area contributed by atoms with Crippen LogP contribution in [-0.2, 0) is 25.7 Å². The quantitative estimate of drug-likeness (QED) is 0.497. The topological polar surface area (TPSA) is 63.7 Å². The highest BCUT2D eigenvalue weighted by Crippen LogP contribution is 2.42. The van der Waals surface area contributed by atoms with Crippen LogP contribution in [0.1, 0.15) is 31.0 Å². The fourth-order valence-electron chi connectivity index (χ4n) is 3.62. The zero-order valence-corrected chi connectivity index (χ0v) is 17.6. The van der Waals surface area contributed by atoms with Crippen molar-refractivity contribution < 1.29 is 19.1 Å². The lowest BCUT2D eigenvalue weighted by Gasteiger charge is -2.29. The third-order valence-electron chi connectivity index (χ3n) is 4.96. The van der Waals surface area contributed by atoms with Gasteiger partial charge in [-0.1, -0.05) is 54.0 Å². The molecule has 3 rings (SSSR count). The first-order valence-corrected chi connectivity index (χ1v) is 9.89. The van der Waals surface area contributed by atoms with Crippen LogP contribution in [0.2, 0.25) is 0 Å². The summed E-state index contributed by atoms with van der Waals surface area (Å²) in [6, 6.07) is 13.9. The number of anilines is 1. The number of Topliss-reactive ketones (excluding diaryl/α,β-unsaturated/α-hetero) is 2. The molecule has 1 saturated heterocycles. The van der Waals surface area contributed by atoms with E-state index in [0.29, 0.717) is 12.3 Å². The van der Waals surface area contributed by atoms with E-state index in [1.54, 1.807) is 33.1 Å². The van der Waals surface area contributed by atoms with Crippen molar-refractivity contribution in [1.29, 1.82) is 0 Å². The van der Waals surface area contributed by atoms with Crippen LogP contribution >= 0.6 is 15.9 Å². The number of benzene rings is 2. The molecule has 146 valence electrons. The average Bonchev–Trinajstić information content (AvgIpc) is 2.93. The molecule has 0 saturated carbocycles. The third kappa shape index (κ3) is 3.66. The van der Waals surface area contributed by atoms with E-state index >= 15 is 0 Å². The fraction of sp³-hybridized carbons (Fsp3) is 0.318. The van der Waals surface area contributed by atoms with Gasteiger partial charge in [0.15, 0.2) is 0 Å². The first kappa shape index (κ1) is 20.4. The predicted molar refractivity (Wildman–Crippen MR) is 110 cm³/mol. The van der Waals surface area contributed by atoms with Gasteiger partial charge in [-0.25, -0.2) is 0 Å². The zero-order valence-electron chi connectivity index (χ0n) is 16.0. The van der Waals surface area contributed by atoms with E-state index in [1.165, 1.54) is 4.90 Å². The summed E-state index contributed by atoms with van der Waals surface area (Å²) in [5.74, 6) is -2.93. The Morgan fingerprint density at radius 1 is 1.11 bits per heavy atom. The molecule has 5 nitrogen and oxygen atoms in total. The van der Waals surface area contributed by atoms with Crippen LogP contribution in [0.15, 0.2) is 53.0 Å². The number of carbonyl (C=O) groups excluding carboxylic acids is 3. The lowest BCUT2D eigenvalue weighted by atomic mass is 9.83. The summed E-state index contributed by atoms with van der Waals surface area (Å²) in [4.78, 5) is 40.3. The van der Waals surface area contributed by atoms with Crippen LogP contribution < -0.4 is 4.90 Å². The maximum atomic E-state index is 13.0. The minimum atomic E-state index is -1.03. The summed E-state index contributed by atoms with van der Waals surface area (Å²) in [6.07, 6.45) is 0. The highest BCUT2D eigenvalue weighted by atomic mass is 79.9. The monoisotopic (exact) mass is 443 g/mol. The third-order valence-corrected chi connectivity index (χ3v) is 5.49. The van der Waals surface area contributed by atoms with Gasteiger partial charge < -0.3 is 4.74 Å². The van der Waals surface area contributed by atoms with E-state index in [4.69, 9.17) is 4.74 Å². The minimum absolute atomic E-state index is 0.227. The van der Waals surface area contributed by atoms with Gasteiger partial charge in [0.1, 0.15) is 11.7 Å². The number of ether oxygens (including phenoxy) is 1. The molecule has 0 aromatic heterocycles. The number of rotatable bonds is 6. The predicted octanol–water partition coefficient (Wildman–Crippen LogP) is 4.09. The van der Waals surface area contributed by atoms with Gasteiger partial charge >= 0.3 is 0 Å². The van der Waals surface area contributed by atoms with Crippen LogP contribution in [0.25, 0.3) is 0 Å². The molecule has 0 radical (unpaired) electrons. The molecule has 0 spiro atoms. The van der Waals surface area contributed by atoms with Crippen LogP contribution in [0.5, 0.6) is 0 Å². The van der Waals surface area contributed by atoms with E-state index in [-0.39, 0.29) is 11.7 Å². The second kappa shape index (κ2) is 8.37. The summed E-state index contributed by atoms with van der Waals surface area (Å²) in [5, 5.41) is 0. The Balaban J connectivity index is 2.20. The van der Waals surface area contributed by atoms with Crippen molar-refractivity contribution in [2.75, 3.05) is 12.0 Å². The van der Waals surface area contributed by atoms with Gasteiger partial charge in [-0.3, -0.25) is 19.3 Å². The van der Waals surface area contributed by atoms with Gasteiger partial charge in [0.05, 0.1) is 12.6 Å². The van der Waals surface area contributed by atoms with Gasteiger partial charge in [-0.15, -0.1) is 0 Å². The molecular weight excluding hydrogens is 422 g/mol. The normalized spacial score (nSPS) is 19.5. The molecule has 2 unspecified atom stereocenters. The Kier molecular flexibility index (Phi) is 6.10. The molecule has 1 heterocycles. The molecular formula is C22H22BrNO4. The highest BCUT2D eigenvalue weighted by Gasteiger charge is 2.52. The Morgan fingerprint density at radius 3 is 2.36 bits per heavy atom. The Bertz CT molecular complexity index is 907. The average molecular weight is 444 g/mol. The van der Waals surface area contributed by atoms with Crippen molar-refractivity contribution in [3.63, 3.8) is 0 Å². The second-order valence-electron chi connectivity index (χ2n) is 7.13. The smallest absolute Gasteiger partial charge is 0.295 e. The zero-order chi connectivity index (χ0) is 20.4. The van der Waals surface area contributed by atoms with Gasteiger partial charge in [0.2, 0.25) is 5.78 Å². The maximum absolute atomic E-state index is 13.0. The second-order valence-corrected chi connectivity index (χ2v) is 8.04. The van der Waals surface area contributed by atoms with Crippen LogP contribution in [0.4, 0.5) is 5.69 Å². The lowest BCUT2D eigenvalue weighted by Crippen LogP contribution is -2.32. The van der Waals surface area contributed by atoms with Gasteiger partial charge in [0, 0.05) is 23.2 Å². The Hall–Kier alpha value is -2.31. The number of nitrogens with zero attached hydrogens (tertiary/aromatic N) is 1. The lowest BCUT2D eigenvalue weighted by molar-refractivity contribution is -0.139.